The summed E-state index contributed by atoms with van der Waals surface area (Å²) in [6.07, 6.45) is 4.54. The van der Waals surface area contributed by atoms with Crippen LogP contribution in [0.3, 0.4) is 0 Å². The van der Waals surface area contributed by atoms with E-state index in [0.717, 1.165) is 30.8 Å². The maximum absolute atomic E-state index is 14.3. The number of nitrogens with zero attached hydrogens (tertiary/aromatic N) is 2. The Kier molecular flexibility index (Phi) is 5.89. The van der Waals surface area contributed by atoms with Gasteiger partial charge in [0, 0.05) is 60.3 Å². The van der Waals surface area contributed by atoms with Crippen LogP contribution in [0.5, 0.6) is 5.75 Å². The van der Waals surface area contributed by atoms with Gasteiger partial charge < -0.3 is 19.6 Å². The van der Waals surface area contributed by atoms with E-state index in [1.165, 1.54) is 6.26 Å². The molecule has 9 heteroatoms. The summed E-state index contributed by atoms with van der Waals surface area (Å²) in [5, 5.41) is 15.4. The number of carbonyl (C=O) groups is 1. The monoisotopic (exact) mass is 467 g/mol. The van der Waals surface area contributed by atoms with Crippen LogP contribution >= 0.6 is 0 Å². The number of ether oxygens (including phenoxy) is 1. The molecule has 2 aromatic heterocycles. The Morgan fingerprint density at radius 3 is 2.56 bits per heavy atom. The maximum Gasteiger partial charge on any atom is 0.342 e. The number of furan rings is 1. The Morgan fingerprint density at radius 1 is 1.21 bits per heavy atom. The van der Waals surface area contributed by atoms with Crippen LogP contribution in [-0.2, 0) is 4.74 Å². The maximum atomic E-state index is 14.3. The zero-order valence-electron chi connectivity index (χ0n) is 18.5. The standard InChI is InChI=1S/C25H23F2N3O4/c1-2-33-25(32)17-13-34-24-16-12-19(27)18(26)11-15(16)23(31)21(20(17)24)22(14-3-5-28-6-4-14)30-9-7-29-8-10-30/h3-6,11-13,22,29,31H,2,7-10H2,1H3. The molecule has 0 radical (unpaired) electrons. The number of carbonyl (C=O) groups excluding carboxylic acids is 1. The fourth-order valence-corrected chi connectivity index (χ4v) is 4.69. The molecule has 2 N–H and O–H groups in total. The SMILES string of the molecule is CCOC(=O)c1coc2c1c(C(c1ccncc1)N1CCNCC1)c(O)c1cc(F)c(F)cc12. The van der Waals surface area contributed by atoms with E-state index < -0.39 is 23.6 Å². The molecule has 0 saturated carbocycles. The first-order chi connectivity index (χ1) is 16.5. The third kappa shape index (κ3) is 3.66. The Hall–Kier alpha value is -3.56. The second-order valence-electron chi connectivity index (χ2n) is 8.12. The van der Waals surface area contributed by atoms with Gasteiger partial charge >= 0.3 is 5.97 Å². The summed E-state index contributed by atoms with van der Waals surface area (Å²) in [7, 11) is 0. The molecule has 4 aromatic rings. The minimum atomic E-state index is -1.09. The number of fused-ring (bicyclic) bond motifs is 3. The second kappa shape index (κ2) is 9.00. The molecule has 1 aliphatic heterocycles. The Labute approximate surface area is 193 Å². The van der Waals surface area contributed by atoms with Gasteiger partial charge in [0.2, 0.25) is 0 Å². The number of phenols is 1. The van der Waals surface area contributed by atoms with Crippen molar-refractivity contribution in [2.75, 3.05) is 32.8 Å². The first-order valence-corrected chi connectivity index (χ1v) is 11.1. The number of nitrogens with one attached hydrogen (secondary N) is 1. The molecule has 1 fully saturated rings. The van der Waals surface area contributed by atoms with E-state index in [0.29, 0.717) is 24.0 Å². The second-order valence-corrected chi connectivity index (χ2v) is 8.12. The number of esters is 1. The van der Waals surface area contributed by atoms with E-state index in [-0.39, 0.29) is 34.3 Å². The number of hydrogen-bond acceptors (Lipinski definition) is 7. The van der Waals surface area contributed by atoms with Gasteiger partial charge in [0.05, 0.1) is 12.6 Å². The van der Waals surface area contributed by atoms with Gasteiger partial charge in [-0.25, -0.2) is 13.6 Å². The molecule has 3 heterocycles. The third-order valence-corrected chi connectivity index (χ3v) is 6.18. The molecule has 176 valence electrons. The molecule has 7 nitrogen and oxygen atoms in total. The first-order valence-electron chi connectivity index (χ1n) is 11.1. The number of phenolic OH excluding ortho intramolecular Hbond substituents is 1. The van der Waals surface area contributed by atoms with Gasteiger partial charge in [0.25, 0.3) is 0 Å². The van der Waals surface area contributed by atoms with Crippen molar-refractivity contribution < 1.29 is 27.8 Å². The van der Waals surface area contributed by atoms with Crippen LogP contribution in [0.25, 0.3) is 21.7 Å². The minimum Gasteiger partial charge on any atom is -0.507 e. The lowest BCUT2D eigenvalue weighted by Crippen LogP contribution is -2.45. The number of benzene rings is 2. The van der Waals surface area contributed by atoms with Crippen molar-refractivity contribution in [3.05, 3.63) is 71.2 Å². The summed E-state index contributed by atoms with van der Waals surface area (Å²) in [4.78, 5) is 19.1. The number of pyridine rings is 1. The molecule has 1 saturated heterocycles. The molecule has 2 aromatic carbocycles. The molecule has 34 heavy (non-hydrogen) atoms. The van der Waals surface area contributed by atoms with Crippen LogP contribution in [0.4, 0.5) is 8.78 Å². The average Bonchev–Trinajstić information content (AvgIpc) is 3.29. The molecule has 0 spiro atoms. The lowest BCUT2D eigenvalue weighted by Gasteiger charge is -2.36. The highest BCUT2D eigenvalue weighted by Crippen LogP contribution is 2.46. The molecule has 0 amide bonds. The van der Waals surface area contributed by atoms with Crippen LogP contribution in [0.1, 0.15) is 34.5 Å². The van der Waals surface area contributed by atoms with Crippen molar-refractivity contribution in [1.29, 1.82) is 0 Å². The molecule has 1 atom stereocenters. The molecule has 0 bridgehead atoms. The molecular formula is C25H23F2N3O4. The average molecular weight is 467 g/mol. The summed E-state index contributed by atoms with van der Waals surface area (Å²) in [5.41, 5.74) is 1.49. The van der Waals surface area contributed by atoms with Gasteiger partial charge in [-0.2, -0.15) is 0 Å². The number of hydrogen-bond donors (Lipinski definition) is 2. The van der Waals surface area contributed by atoms with Crippen molar-refractivity contribution in [3.63, 3.8) is 0 Å². The van der Waals surface area contributed by atoms with Crippen molar-refractivity contribution in [2.24, 2.45) is 0 Å². The summed E-state index contributed by atoms with van der Waals surface area (Å²) >= 11 is 0. The Balaban J connectivity index is 1.89. The molecule has 0 aliphatic carbocycles. The quantitative estimate of drug-likeness (QED) is 0.427. The van der Waals surface area contributed by atoms with Crippen molar-refractivity contribution in [2.45, 2.75) is 13.0 Å². The summed E-state index contributed by atoms with van der Waals surface area (Å²) < 4.78 is 39.4. The summed E-state index contributed by atoms with van der Waals surface area (Å²) in [6.45, 7) is 4.62. The smallest absolute Gasteiger partial charge is 0.342 e. The number of aromatic nitrogens is 1. The topological polar surface area (TPSA) is 87.8 Å². The zero-order valence-corrected chi connectivity index (χ0v) is 18.5. The van der Waals surface area contributed by atoms with Gasteiger partial charge in [-0.15, -0.1) is 0 Å². The highest BCUT2D eigenvalue weighted by molar-refractivity contribution is 6.16. The van der Waals surface area contributed by atoms with Gasteiger partial charge in [-0.05, 0) is 36.8 Å². The number of halogens is 2. The highest BCUT2D eigenvalue weighted by atomic mass is 19.2. The van der Waals surface area contributed by atoms with Gasteiger partial charge in [-0.3, -0.25) is 9.88 Å². The van der Waals surface area contributed by atoms with Crippen LogP contribution < -0.4 is 5.32 Å². The van der Waals surface area contributed by atoms with E-state index in [1.54, 1.807) is 19.3 Å². The van der Waals surface area contributed by atoms with E-state index in [9.17, 15) is 18.7 Å². The Bertz CT molecular complexity index is 1370. The number of piperazine rings is 1. The van der Waals surface area contributed by atoms with Crippen LogP contribution in [0, 0.1) is 11.6 Å². The van der Waals surface area contributed by atoms with Crippen molar-refractivity contribution >= 4 is 27.7 Å². The predicted molar refractivity (Wildman–Crippen MR) is 122 cm³/mol. The van der Waals surface area contributed by atoms with E-state index in [2.05, 4.69) is 15.2 Å². The van der Waals surface area contributed by atoms with Gasteiger partial charge in [0.1, 0.15) is 23.2 Å². The molecule has 1 unspecified atom stereocenters. The predicted octanol–water partition coefficient (Wildman–Crippen LogP) is 4.14. The van der Waals surface area contributed by atoms with Crippen molar-refractivity contribution in [3.8, 4) is 5.75 Å². The van der Waals surface area contributed by atoms with E-state index in [1.807, 2.05) is 12.1 Å². The first kappa shape index (κ1) is 22.2. The van der Waals surface area contributed by atoms with E-state index in [4.69, 9.17) is 9.15 Å². The zero-order chi connectivity index (χ0) is 23.8. The summed E-state index contributed by atoms with van der Waals surface area (Å²) in [6, 6.07) is 5.09. The van der Waals surface area contributed by atoms with Gasteiger partial charge in [0.15, 0.2) is 11.6 Å². The highest BCUT2D eigenvalue weighted by Gasteiger charge is 2.33. The van der Waals surface area contributed by atoms with Crippen LogP contribution in [0.15, 0.2) is 47.3 Å². The van der Waals surface area contributed by atoms with Gasteiger partial charge in [-0.1, -0.05) is 0 Å². The number of aromatic hydroxyl groups is 1. The molecular weight excluding hydrogens is 444 g/mol. The fraction of sp³-hybridized carbons (Fsp3) is 0.280. The lowest BCUT2D eigenvalue weighted by atomic mass is 9.89. The van der Waals surface area contributed by atoms with Crippen LogP contribution in [-0.4, -0.2) is 53.7 Å². The number of rotatable bonds is 5. The Morgan fingerprint density at radius 2 is 1.88 bits per heavy atom. The van der Waals surface area contributed by atoms with E-state index >= 15 is 0 Å². The minimum absolute atomic E-state index is 0.0975. The van der Waals surface area contributed by atoms with Crippen molar-refractivity contribution in [1.82, 2.24) is 15.2 Å². The largest absolute Gasteiger partial charge is 0.507 e. The third-order valence-electron chi connectivity index (χ3n) is 6.18. The normalized spacial score (nSPS) is 15.6. The van der Waals surface area contributed by atoms with Crippen LogP contribution in [0.2, 0.25) is 0 Å². The lowest BCUT2D eigenvalue weighted by molar-refractivity contribution is 0.0527. The molecule has 1 aliphatic rings. The fourth-order valence-electron chi connectivity index (χ4n) is 4.69. The summed E-state index contributed by atoms with van der Waals surface area (Å²) in [5.74, 6) is -3.04. The molecule has 5 rings (SSSR count).